The summed E-state index contributed by atoms with van der Waals surface area (Å²) in [6.07, 6.45) is 1.84. The molecule has 0 aromatic carbocycles. The smallest absolute Gasteiger partial charge is 0.153 e. The highest BCUT2D eigenvalue weighted by Crippen LogP contribution is 2.20. The highest BCUT2D eigenvalue weighted by Gasteiger charge is 2.02. The summed E-state index contributed by atoms with van der Waals surface area (Å²) in [4.78, 5) is 4.32. The zero-order valence-corrected chi connectivity index (χ0v) is 9.81. The van der Waals surface area contributed by atoms with Gasteiger partial charge < -0.3 is 11.1 Å². The number of hydrogen-bond donors (Lipinski definition) is 2. The maximum absolute atomic E-state index is 5.54. The molecule has 3 aromatic rings. The number of imidazole rings is 1. The van der Waals surface area contributed by atoms with Crippen LogP contribution in [0.5, 0.6) is 0 Å². The first-order valence-electron chi connectivity index (χ1n) is 5.21. The summed E-state index contributed by atoms with van der Waals surface area (Å²) in [6, 6.07) is 7.83. The van der Waals surface area contributed by atoms with Crippen LogP contribution < -0.4 is 11.1 Å². The molecule has 0 fully saturated rings. The number of thiophene rings is 1. The molecule has 3 aromatic heterocycles. The molecule has 3 rings (SSSR count). The molecule has 3 heterocycles. The van der Waals surface area contributed by atoms with E-state index in [9.17, 15) is 0 Å². The van der Waals surface area contributed by atoms with Crippen molar-refractivity contribution in [2.45, 2.75) is 6.54 Å². The number of aromatic nitrogens is 3. The van der Waals surface area contributed by atoms with Crippen molar-refractivity contribution in [1.82, 2.24) is 14.6 Å². The summed E-state index contributed by atoms with van der Waals surface area (Å²) in [5, 5.41) is 10.7. The molecular weight excluding hydrogens is 234 g/mol. The molecule has 0 aliphatic carbocycles. The van der Waals surface area contributed by atoms with Gasteiger partial charge in [0.1, 0.15) is 0 Å². The average molecular weight is 245 g/mol. The maximum atomic E-state index is 5.54. The van der Waals surface area contributed by atoms with Gasteiger partial charge in [0.05, 0.1) is 16.9 Å². The molecule has 3 N–H and O–H groups in total. The monoisotopic (exact) mass is 245 g/mol. The largest absolute Gasteiger partial charge is 0.331 e. The fourth-order valence-corrected chi connectivity index (χ4v) is 2.20. The molecule has 0 atom stereocenters. The third-order valence-corrected chi connectivity index (χ3v) is 3.14. The van der Waals surface area contributed by atoms with Crippen LogP contribution in [0.3, 0.4) is 0 Å². The lowest BCUT2D eigenvalue weighted by Crippen LogP contribution is -1.97. The third kappa shape index (κ3) is 2.00. The molecular formula is C11H11N5S. The van der Waals surface area contributed by atoms with Gasteiger partial charge in [0.15, 0.2) is 11.5 Å². The highest BCUT2D eigenvalue weighted by atomic mass is 32.1. The molecule has 0 unspecified atom stereocenters. The van der Waals surface area contributed by atoms with Crippen LogP contribution in [0.2, 0.25) is 0 Å². The van der Waals surface area contributed by atoms with E-state index in [2.05, 4.69) is 15.4 Å². The Morgan fingerprint density at radius 2 is 2.29 bits per heavy atom. The minimum atomic E-state index is 0.428. The topological polar surface area (TPSA) is 68.2 Å². The fourth-order valence-electron chi connectivity index (χ4n) is 1.57. The van der Waals surface area contributed by atoms with Gasteiger partial charge in [0.25, 0.3) is 0 Å². The van der Waals surface area contributed by atoms with E-state index in [0.717, 1.165) is 22.2 Å². The lowest BCUT2D eigenvalue weighted by Gasteiger charge is -2.02. The van der Waals surface area contributed by atoms with Crippen LogP contribution in [0.25, 0.3) is 5.65 Å². The second-order valence-electron chi connectivity index (χ2n) is 3.56. The van der Waals surface area contributed by atoms with Gasteiger partial charge >= 0.3 is 0 Å². The Morgan fingerprint density at radius 1 is 1.35 bits per heavy atom. The summed E-state index contributed by atoms with van der Waals surface area (Å²) in [5.74, 6) is 0.793. The van der Waals surface area contributed by atoms with Gasteiger partial charge in [-0.2, -0.15) is 0 Å². The van der Waals surface area contributed by atoms with Gasteiger partial charge in [-0.25, -0.2) is 9.50 Å². The fraction of sp³-hybridized carbons (Fsp3) is 0.0909. The Labute approximate surface area is 102 Å². The van der Waals surface area contributed by atoms with Crippen molar-refractivity contribution in [1.29, 1.82) is 0 Å². The number of anilines is 2. The van der Waals surface area contributed by atoms with Gasteiger partial charge in [0.2, 0.25) is 0 Å². The SMILES string of the molecule is NCc1cn2nc(Nc3cccs3)ccc2n1. The van der Waals surface area contributed by atoms with Crippen LogP contribution in [-0.4, -0.2) is 14.6 Å². The van der Waals surface area contributed by atoms with Gasteiger partial charge in [-0.1, -0.05) is 0 Å². The van der Waals surface area contributed by atoms with Gasteiger partial charge in [-0.15, -0.1) is 16.4 Å². The van der Waals surface area contributed by atoms with E-state index in [0.29, 0.717) is 6.54 Å². The predicted octanol–water partition coefficient (Wildman–Crippen LogP) is 1.99. The van der Waals surface area contributed by atoms with Crippen LogP contribution in [-0.2, 0) is 6.54 Å². The van der Waals surface area contributed by atoms with Crippen LogP contribution in [0.4, 0.5) is 10.8 Å². The number of nitrogens with one attached hydrogen (secondary N) is 1. The molecule has 5 nitrogen and oxygen atoms in total. The maximum Gasteiger partial charge on any atom is 0.153 e. The average Bonchev–Trinajstić information content (AvgIpc) is 2.96. The molecule has 0 saturated carbocycles. The summed E-state index contributed by atoms with van der Waals surface area (Å²) in [7, 11) is 0. The van der Waals surface area contributed by atoms with Crippen LogP contribution >= 0.6 is 11.3 Å². The first kappa shape index (κ1) is 10.2. The standard InChI is InChI=1S/C11H11N5S/c12-6-8-7-16-10(13-8)4-3-9(15-16)14-11-2-1-5-17-11/h1-5,7H,6,12H2,(H,14,15). The zero-order chi connectivity index (χ0) is 11.7. The van der Waals surface area contributed by atoms with Crippen molar-refractivity contribution < 1.29 is 0 Å². The van der Waals surface area contributed by atoms with E-state index in [4.69, 9.17) is 5.73 Å². The Kier molecular flexibility index (Phi) is 2.50. The Balaban J connectivity index is 1.95. The number of nitrogens with two attached hydrogens (primary N) is 1. The van der Waals surface area contributed by atoms with Gasteiger partial charge in [-0.3, -0.25) is 0 Å². The third-order valence-electron chi connectivity index (χ3n) is 2.35. The lowest BCUT2D eigenvalue weighted by molar-refractivity contribution is 0.934. The van der Waals surface area contributed by atoms with Crippen molar-refractivity contribution in [3.8, 4) is 0 Å². The van der Waals surface area contributed by atoms with E-state index in [-0.39, 0.29) is 0 Å². The molecule has 0 bridgehead atoms. The highest BCUT2D eigenvalue weighted by molar-refractivity contribution is 7.14. The van der Waals surface area contributed by atoms with E-state index in [1.54, 1.807) is 15.9 Å². The Bertz CT molecular complexity index is 628. The number of nitrogens with zero attached hydrogens (tertiary/aromatic N) is 3. The van der Waals surface area contributed by atoms with E-state index >= 15 is 0 Å². The normalized spacial score (nSPS) is 10.9. The predicted molar refractivity (Wildman–Crippen MR) is 68.5 cm³/mol. The molecule has 6 heteroatoms. The second-order valence-corrected chi connectivity index (χ2v) is 4.51. The number of rotatable bonds is 3. The zero-order valence-electron chi connectivity index (χ0n) is 9.00. The number of fused-ring (bicyclic) bond motifs is 1. The first-order valence-corrected chi connectivity index (χ1v) is 6.09. The second kappa shape index (κ2) is 4.15. The van der Waals surface area contributed by atoms with Crippen molar-refractivity contribution >= 4 is 27.8 Å². The van der Waals surface area contributed by atoms with E-state index < -0.39 is 0 Å². The van der Waals surface area contributed by atoms with Crippen LogP contribution in [0.1, 0.15) is 5.69 Å². The van der Waals surface area contributed by atoms with Crippen LogP contribution in [0, 0.1) is 0 Å². The molecule has 17 heavy (non-hydrogen) atoms. The Morgan fingerprint density at radius 3 is 3.06 bits per heavy atom. The molecule has 0 spiro atoms. The molecule has 0 amide bonds. The molecule has 0 aliphatic heterocycles. The first-order chi connectivity index (χ1) is 8.35. The van der Waals surface area contributed by atoms with E-state index in [1.807, 2.05) is 35.8 Å². The van der Waals surface area contributed by atoms with Crippen LogP contribution in [0.15, 0.2) is 35.8 Å². The Hall–Kier alpha value is -1.92. The summed E-state index contributed by atoms with van der Waals surface area (Å²) >= 11 is 1.64. The molecule has 0 radical (unpaired) electrons. The number of hydrogen-bond acceptors (Lipinski definition) is 5. The van der Waals surface area contributed by atoms with Gasteiger partial charge in [-0.05, 0) is 29.6 Å². The van der Waals surface area contributed by atoms with Crippen molar-refractivity contribution in [2.24, 2.45) is 5.73 Å². The minimum Gasteiger partial charge on any atom is -0.331 e. The molecule has 0 aliphatic rings. The minimum absolute atomic E-state index is 0.428. The summed E-state index contributed by atoms with van der Waals surface area (Å²) in [6.45, 7) is 0.428. The quantitative estimate of drug-likeness (QED) is 0.740. The van der Waals surface area contributed by atoms with Gasteiger partial charge in [0, 0.05) is 6.54 Å². The van der Waals surface area contributed by atoms with Crippen molar-refractivity contribution in [2.75, 3.05) is 5.32 Å². The molecule has 86 valence electrons. The molecule has 0 saturated heterocycles. The van der Waals surface area contributed by atoms with Crippen molar-refractivity contribution in [3.05, 3.63) is 41.5 Å². The lowest BCUT2D eigenvalue weighted by atomic mass is 10.5. The van der Waals surface area contributed by atoms with E-state index in [1.165, 1.54) is 0 Å². The summed E-state index contributed by atoms with van der Waals surface area (Å²) in [5.41, 5.74) is 7.19. The summed E-state index contributed by atoms with van der Waals surface area (Å²) < 4.78 is 1.73. The van der Waals surface area contributed by atoms with Crippen molar-refractivity contribution in [3.63, 3.8) is 0 Å².